The second kappa shape index (κ2) is 5.64. The molecule has 1 aromatic heterocycles. The molecular weight excluding hydrogens is 270 g/mol. The second-order valence-corrected chi connectivity index (χ2v) is 6.86. The van der Waals surface area contributed by atoms with Crippen molar-refractivity contribution in [3.05, 3.63) is 40.6 Å². The molecule has 0 amide bonds. The van der Waals surface area contributed by atoms with Crippen LogP contribution in [0.25, 0.3) is 10.9 Å². The van der Waals surface area contributed by atoms with E-state index in [1.807, 2.05) is 0 Å². The molecule has 2 aliphatic rings. The number of pyridine rings is 1. The molecule has 22 heavy (non-hydrogen) atoms. The summed E-state index contributed by atoms with van der Waals surface area (Å²) in [7, 11) is 2.22. The van der Waals surface area contributed by atoms with Crippen molar-refractivity contribution in [2.24, 2.45) is 0 Å². The van der Waals surface area contributed by atoms with Crippen molar-refractivity contribution in [1.29, 1.82) is 0 Å². The molecule has 0 atom stereocenters. The number of fused-ring (bicyclic) bond motifs is 2. The van der Waals surface area contributed by atoms with Gasteiger partial charge in [-0.15, -0.1) is 0 Å². The third-order valence-corrected chi connectivity index (χ3v) is 5.07. The van der Waals surface area contributed by atoms with E-state index in [9.17, 15) is 0 Å². The molecule has 2 heterocycles. The number of nitrogens with zero attached hydrogens (tertiary/aromatic N) is 2. The van der Waals surface area contributed by atoms with E-state index >= 15 is 0 Å². The zero-order valence-corrected chi connectivity index (χ0v) is 13.7. The van der Waals surface area contributed by atoms with Crippen molar-refractivity contribution < 1.29 is 0 Å². The van der Waals surface area contributed by atoms with E-state index in [-0.39, 0.29) is 0 Å². The van der Waals surface area contributed by atoms with Gasteiger partial charge in [0.2, 0.25) is 0 Å². The SMILES string of the molecule is CCc1ccc2nc3c(c(CNC4CC4)c2c1)CN(C)CC3. The molecule has 116 valence electrons. The maximum atomic E-state index is 4.97. The standard InChI is InChI=1S/C19H25N3/c1-3-13-4-7-18-15(10-13)16(11-20-14-5-6-14)17-12-22(2)9-8-19(17)21-18/h4,7,10,14,20H,3,5-6,8-9,11-12H2,1-2H3. The number of hydrogen-bond acceptors (Lipinski definition) is 3. The lowest BCUT2D eigenvalue weighted by Crippen LogP contribution is -2.29. The van der Waals surface area contributed by atoms with Crippen LogP contribution in [0.3, 0.4) is 0 Å². The van der Waals surface area contributed by atoms with Gasteiger partial charge < -0.3 is 10.2 Å². The van der Waals surface area contributed by atoms with Gasteiger partial charge >= 0.3 is 0 Å². The number of aryl methyl sites for hydroxylation is 1. The van der Waals surface area contributed by atoms with Gasteiger partial charge in [-0.3, -0.25) is 4.98 Å². The summed E-state index contributed by atoms with van der Waals surface area (Å²) in [6.07, 6.45) is 4.84. The Bertz CT molecular complexity index is 703. The first-order chi connectivity index (χ1) is 10.7. The molecule has 1 aliphatic heterocycles. The van der Waals surface area contributed by atoms with E-state index in [1.165, 1.54) is 46.1 Å². The zero-order chi connectivity index (χ0) is 15.1. The van der Waals surface area contributed by atoms with Gasteiger partial charge in [0.25, 0.3) is 0 Å². The Labute approximate surface area is 132 Å². The minimum Gasteiger partial charge on any atom is -0.310 e. The fraction of sp³-hybridized carbons (Fsp3) is 0.526. The lowest BCUT2D eigenvalue weighted by Gasteiger charge is -2.27. The molecule has 1 fully saturated rings. The van der Waals surface area contributed by atoms with Crippen molar-refractivity contribution in [1.82, 2.24) is 15.2 Å². The normalized spacial score (nSPS) is 18.6. The van der Waals surface area contributed by atoms with Crippen LogP contribution in [0.4, 0.5) is 0 Å². The van der Waals surface area contributed by atoms with Crippen molar-refractivity contribution in [2.75, 3.05) is 13.6 Å². The van der Waals surface area contributed by atoms with E-state index in [2.05, 4.69) is 42.4 Å². The number of aromatic nitrogens is 1. The maximum Gasteiger partial charge on any atom is 0.0709 e. The molecule has 0 spiro atoms. The van der Waals surface area contributed by atoms with Gasteiger partial charge in [-0.25, -0.2) is 0 Å². The molecule has 0 saturated heterocycles. The highest BCUT2D eigenvalue weighted by atomic mass is 15.1. The summed E-state index contributed by atoms with van der Waals surface area (Å²) in [5.41, 5.74) is 6.87. The zero-order valence-electron chi connectivity index (χ0n) is 13.7. The third-order valence-electron chi connectivity index (χ3n) is 5.07. The Hall–Kier alpha value is -1.45. The molecule has 4 rings (SSSR count). The quantitative estimate of drug-likeness (QED) is 0.939. The van der Waals surface area contributed by atoms with E-state index in [4.69, 9.17) is 4.98 Å². The average molecular weight is 295 g/mol. The van der Waals surface area contributed by atoms with Crippen LogP contribution in [-0.2, 0) is 25.9 Å². The van der Waals surface area contributed by atoms with Gasteiger partial charge in [0.1, 0.15) is 0 Å². The Kier molecular flexibility index (Phi) is 3.63. The molecular formula is C19H25N3. The minimum absolute atomic E-state index is 0.745. The number of likely N-dealkylation sites (N-methyl/N-ethyl adjacent to an activating group) is 1. The van der Waals surface area contributed by atoms with E-state index in [0.717, 1.165) is 38.5 Å². The average Bonchev–Trinajstić information content (AvgIpc) is 3.35. The van der Waals surface area contributed by atoms with Gasteiger partial charge in [0, 0.05) is 43.2 Å². The summed E-state index contributed by atoms with van der Waals surface area (Å²) in [6.45, 7) is 5.38. The van der Waals surface area contributed by atoms with E-state index in [1.54, 1.807) is 0 Å². The van der Waals surface area contributed by atoms with Crippen LogP contribution in [0.5, 0.6) is 0 Å². The first kappa shape index (κ1) is 14.2. The third kappa shape index (κ3) is 2.64. The van der Waals surface area contributed by atoms with Crippen molar-refractivity contribution in [2.45, 2.75) is 51.7 Å². The highest BCUT2D eigenvalue weighted by Gasteiger charge is 2.24. The predicted octanol–water partition coefficient (Wildman–Crippen LogP) is 3.04. The number of nitrogens with one attached hydrogen (secondary N) is 1. The van der Waals surface area contributed by atoms with Crippen LogP contribution in [0.1, 0.15) is 42.1 Å². The lowest BCUT2D eigenvalue weighted by molar-refractivity contribution is 0.308. The largest absolute Gasteiger partial charge is 0.310 e. The monoisotopic (exact) mass is 295 g/mol. The summed E-state index contributed by atoms with van der Waals surface area (Å²) in [4.78, 5) is 7.39. The molecule has 1 aromatic carbocycles. The van der Waals surface area contributed by atoms with Crippen LogP contribution < -0.4 is 5.32 Å². The summed E-state index contributed by atoms with van der Waals surface area (Å²) in [5.74, 6) is 0. The molecule has 1 aliphatic carbocycles. The molecule has 1 N–H and O–H groups in total. The van der Waals surface area contributed by atoms with Gasteiger partial charge in [0.05, 0.1) is 5.52 Å². The number of hydrogen-bond donors (Lipinski definition) is 1. The van der Waals surface area contributed by atoms with Crippen LogP contribution >= 0.6 is 0 Å². The van der Waals surface area contributed by atoms with Crippen molar-refractivity contribution >= 4 is 10.9 Å². The van der Waals surface area contributed by atoms with Crippen molar-refractivity contribution in [3.8, 4) is 0 Å². The van der Waals surface area contributed by atoms with Crippen LogP contribution in [0, 0.1) is 0 Å². The van der Waals surface area contributed by atoms with Crippen molar-refractivity contribution in [3.63, 3.8) is 0 Å². The Morgan fingerprint density at radius 3 is 2.95 bits per heavy atom. The smallest absolute Gasteiger partial charge is 0.0709 e. The Morgan fingerprint density at radius 1 is 1.32 bits per heavy atom. The Balaban J connectivity index is 1.85. The summed E-state index contributed by atoms with van der Waals surface area (Å²) >= 11 is 0. The molecule has 0 bridgehead atoms. The lowest BCUT2D eigenvalue weighted by atomic mass is 9.94. The molecule has 1 saturated carbocycles. The molecule has 3 heteroatoms. The fourth-order valence-corrected chi connectivity index (χ4v) is 3.47. The molecule has 0 unspecified atom stereocenters. The summed E-state index contributed by atoms with van der Waals surface area (Å²) < 4.78 is 0. The first-order valence-electron chi connectivity index (χ1n) is 8.59. The van der Waals surface area contributed by atoms with Crippen LogP contribution in [0.15, 0.2) is 18.2 Å². The predicted molar refractivity (Wildman–Crippen MR) is 91.0 cm³/mol. The van der Waals surface area contributed by atoms with Gasteiger partial charge in [-0.2, -0.15) is 0 Å². The highest BCUT2D eigenvalue weighted by molar-refractivity contribution is 5.84. The highest BCUT2D eigenvalue weighted by Crippen LogP contribution is 2.29. The van der Waals surface area contributed by atoms with Gasteiger partial charge in [-0.05, 0) is 55.1 Å². The number of rotatable bonds is 4. The fourth-order valence-electron chi connectivity index (χ4n) is 3.47. The molecule has 0 radical (unpaired) electrons. The van der Waals surface area contributed by atoms with Crippen LogP contribution in [0.2, 0.25) is 0 Å². The maximum absolute atomic E-state index is 4.97. The van der Waals surface area contributed by atoms with E-state index < -0.39 is 0 Å². The summed E-state index contributed by atoms with van der Waals surface area (Å²) in [5, 5.41) is 5.08. The van der Waals surface area contributed by atoms with Gasteiger partial charge in [-0.1, -0.05) is 13.0 Å². The topological polar surface area (TPSA) is 28.2 Å². The molecule has 3 nitrogen and oxygen atoms in total. The first-order valence-corrected chi connectivity index (χ1v) is 8.59. The number of benzene rings is 1. The second-order valence-electron chi connectivity index (χ2n) is 6.86. The Morgan fingerprint density at radius 2 is 2.18 bits per heavy atom. The van der Waals surface area contributed by atoms with Crippen LogP contribution in [-0.4, -0.2) is 29.5 Å². The molecule has 2 aromatic rings. The minimum atomic E-state index is 0.745. The van der Waals surface area contributed by atoms with E-state index in [0.29, 0.717) is 0 Å². The summed E-state index contributed by atoms with van der Waals surface area (Å²) in [6, 6.07) is 7.55. The van der Waals surface area contributed by atoms with Gasteiger partial charge in [0.15, 0.2) is 0 Å².